The van der Waals surface area contributed by atoms with Gasteiger partial charge < -0.3 is 0 Å². The first-order valence-electron chi connectivity index (χ1n) is 4.30. The van der Waals surface area contributed by atoms with Gasteiger partial charge in [-0.1, -0.05) is 6.07 Å². The SMILES string of the molecule is NS(=O)(=O)c1ccc(CCN=C=S)c(F)c1. The molecule has 0 heterocycles. The molecule has 0 spiro atoms. The molecule has 0 radical (unpaired) electrons. The zero-order valence-electron chi connectivity index (χ0n) is 8.18. The van der Waals surface area contributed by atoms with Crippen LogP contribution in [0.3, 0.4) is 0 Å². The van der Waals surface area contributed by atoms with Crippen LogP contribution in [0.25, 0.3) is 0 Å². The fourth-order valence-electron chi connectivity index (χ4n) is 1.13. The topological polar surface area (TPSA) is 72.5 Å². The van der Waals surface area contributed by atoms with Crippen molar-refractivity contribution < 1.29 is 12.8 Å². The number of hydrogen-bond acceptors (Lipinski definition) is 4. The molecule has 7 heteroatoms. The third-order valence-corrected chi connectivity index (χ3v) is 2.95. The number of sulfonamides is 1. The maximum absolute atomic E-state index is 13.4. The molecule has 0 aliphatic rings. The van der Waals surface area contributed by atoms with Crippen LogP contribution in [0.4, 0.5) is 4.39 Å². The first-order valence-corrected chi connectivity index (χ1v) is 6.25. The standard InChI is InChI=1S/C9H9FN2O2S2/c10-9-5-8(16(11,13)14)2-1-7(9)3-4-12-6-15/h1-2,5H,3-4H2,(H2,11,13,14). The zero-order chi connectivity index (χ0) is 12.2. The van der Waals surface area contributed by atoms with Crippen molar-refractivity contribution in [2.45, 2.75) is 11.3 Å². The van der Waals surface area contributed by atoms with E-state index in [1.807, 2.05) is 0 Å². The van der Waals surface area contributed by atoms with Crippen LogP contribution in [0.2, 0.25) is 0 Å². The second-order valence-electron chi connectivity index (χ2n) is 3.02. The third kappa shape index (κ3) is 3.46. The van der Waals surface area contributed by atoms with Crippen LogP contribution >= 0.6 is 12.2 Å². The van der Waals surface area contributed by atoms with Crippen molar-refractivity contribution in [2.75, 3.05) is 6.54 Å². The Bertz CT molecular complexity index is 536. The van der Waals surface area contributed by atoms with Crippen molar-refractivity contribution >= 4 is 27.4 Å². The molecule has 0 aliphatic heterocycles. The quantitative estimate of drug-likeness (QED) is 0.651. The highest BCUT2D eigenvalue weighted by molar-refractivity contribution is 7.89. The number of benzene rings is 1. The maximum atomic E-state index is 13.4. The Labute approximate surface area is 98.0 Å². The van der Waals surface area contributed by atoms with Gasteiger partial charge in [0.25, 0.3) is 0 Å². The van der Waals surface area contributed by atoms with Crippen LogP contribution in [0.5, 0.6) is 0 Å². The molecule has 0 saturated heterocycles. The van der Waals surface area contributed by atoms with Gasteiger partial charge >= 0.3 is 0 Å². The average molecular weight is 260 g/mol. The second kappa shape index (κ2) is 5.27. The van der Waals surface area contributed by atoms with Crippen molar-refractivity contribution in [3.8, 4) is 0 Å². The third-order valence-electron chi connectivity index (χ3n) is 1.91. The van der Waals surface area contributed by atoms with E-state index in [9.17, 15) is 12.8 Å². The van der Waals surface area contributed by atoms with E-state index in [1.165, 1.54) is 12.1 Å². The van der Waals surface area contributed by atoms with Gasteiger partial charge in [-0.2, -0.15) is 0 Å². The van der Waals surface area contributed by atoms with E-state index in [-0.39, 0.29) is 4.90 Å². The average Bonchev–Trinajstić information content (AvgIpc) is 2.19. The number of nitrogens with zero attached hydrogens (tertiary/aromatic N) is 1. The molecule has 0 bridgehead atoms. The van der Waals surface area contributed by atoms with Gasteiger partial charge in [0.2, 0.25) is 10.0 Å². The van der Waals surface area contributed by atoms with Crippen LogP contribution in [0, 0.1) is 5.82 Å². The lowest BCUT2D eigenvalue weighted by molar-refractivity contribution is 0.588. The van der Waals surface area contributed by atoms with Gasteiger partial charge in [0.15, 0.2) is 0 Å². The Kier molecular flexibility index (Phi) is 4.26. The lowest BCUT2D eigenvalue weighted by Crippen LogP contribution is -2.12. The van der Waals surface area contributed by atoms with E-state index in [1.54, 1.807) is 0 Å². The minimum absolute atomic E-state index is 0.243. The van der Waals surface area contributed by atoms with Gasteiger partial charge in [-0.05, 0) is 36.3 Å². The number of aliphatic imine (C=N–C) groups is 1. The first-order chi connectivity index (χ1) is 7.45. The van der Waals surface area contributed by atoms with E-state index >= 15 is 0 Å². The highest BCUT2D eigenvalue weighted by atomic mass is 32.2. The van der Waals surface area contributed by atoms with Gasteiger partial charge in [0.05, 0.1) is 16.6 Å². The molecule has 1 aromatic rings. The van der Waals surface area contributed by atoms with Crippen LogP contribution in [-0.4, -0.2) is 20.1 Å². The minimum atomic E-state index is -3.86. The predicted molar refractivity (Wildman–Crippen MR) is 61.4 cm³/mol. The summed E-state index contributed by atoms with van der Waals surface area (Å²) >= 11 is 4.36. The van der Waals surface area contributed by atoms with Crippen molar-refractivity contribution in [3.05, 3.63) is 29.6 Å². The largest absolute Gasteiger partial charge is 0.238 e. The summed E-state index contributed by atoms with van der Waals surface area (Å²) in [6.45, 7) is 0.315. The van der Waals surface area contributed by atoms with Gasteiger partial charge in [-0.25, -0.2) is 22.9 Å². The molecule has 1 rings (SSSR count). The van der Waals surface area contributed by atoms with Crippen molar-refractivity contribution in [1.82, 2.24) is 0 Å². The first kappa shape index (κ1) is 12.9. The van der Waals surface area contributed by atoms with Crippen molar-refractivity contribution in [1.29, 1.82) is 0 Å². The molecule has 0 saturated carbocycles. The summed E-state index contributed by atoms with van der Waals surface area (Å²) in [6, 6.07) is 3.52. The predicted octanol–water partition coefficient (Wildman–Crippen LogP) is 1.12. The Hall–Kier alpha value is -1.14. The molecule has 16 heavy (non-hydrogen) atoms. The van der Waals surface area contributed by atoms with Gasteiger partial charge in [-0.15, -0.1) is 0 Å². The van der Waals surface area contributed by atoms with Crippen LogP contribution in [0.15, 0.2) is 28.1 Å². The highest BCUT2D eigenvalue weighted by Crippen LogP contribution is 2.14. The van der Waals surface area contributed by atoms with Gasteiger partial charge in [0, 0.05) is 0 Å². The summed E-state index contributed by atoms with van der Waals surface area (Å²) in [7, 11) is -3.86. The van der Waals surface area contributed by atoms with E-state index < -0.39 is 15.8 Å². The zero-order valence-corrected chi connectivity index (χ0v) is 9.81. The van der Waals surface area contributed by atoms with E-state index in [0.29, 0.717) is 18.5 Å². The summed E-state index contributed by atoms with van der Waals surface area (Å²) in [5, 5.41) is 7.02. The number of rotatable bonds is 4. The molecule has 0 amide bonds. The van der Waals surface area contributed by atoms with E-state index in [0.717, 1.165) is 6.07 Å². The van der Waals surface area contributed by atoms with Crippen molar-refractivity contribution in [2.24, 2.45) is 10.1 Å². The van der Waals surface area contributed by atoms with Gasteiger partial charge in [0.1, 0.15) is 5.82 Å². The molecular formula is C9H9FN2O2S2. The summed E-state index contributed by atoms with van der Waals surface area (Å²) in [6.07, 6.45) is 0.334. The summed E-state index contributed by atoms with van der Waals surface area (Å²) in [5.41, 5.74) is 0.362. The molecule has 0 aliphatic carbocycles. The lowest BCUT2D eigenvalue weighted by atomic mass is 10.1. The fourth-order valence-corrected chi connectivity index (χ4v) is 1.75. The molecule has 0 atom stereocenters. The van der Waals surface area contributed by atoms with E-state index in [2.05, 4.69) is 22.4 Å². The highest BCUT2D eigenvalue weighted by Gasteiger charge is 2.10. The lowest BCUT2D eigenvalue weighted by Gasteiger charge is -2.03. The maximum Gasteiger partial charge on any atom is 0.238 e. The minimum Gasteiger partial charge on any atom is -0.232 e. The molecule has 86 valence electrons. The molecule has 4 nitrogen and oxygen atoms in total. The number of isothiocyanates is 1. The molecule has 0 unspecified atom stereocenters. The van der Waals surface area contributed by atoms with Crippen LogP contribution in [0.1, 0.15) is 5.56 Å². The Morgan fingerprint density at radius 2 is 2.19 bits per heavy atom. The van der Waals surface area contributed by atoms with Crippen molar-refractivity contribution in [3.63, 3.8) is 0 Å². The summed E-state index contributed by atoms with van der Waals surface area (Å²) < 4.78 is 35.3. The molecular weight excluding hydrogens is 251 g/mol. The molecule has 2 N–H and O–H groups in total. The normalized spacial score (nSPS) is 10.9. The fraction of sp³-hybridized carbons (Fsp3) is 0.222. The van der Waals surface area contributed by atoms with Gasteiger partial charge in [-0.3, -0.25) is 0 Å². The monoisotopic (exact) mass is 260 g/mol. The summed E-state index contributed by atoms with van der Waals surface area (Å²) in [5.74, 6) is -0.619. The number of thiocarbonyl (C=S) groups is 1. The number of primary sulfonamides is 1. The molecule has 0 aromatic heterocycles. The Morgan fingerprint density at radius 1 is 1.50 bits per heavy atom. The van der Waals surface area contributed by atoms with Crippen LogP contribution < -0.4 is 5.14 Å². The number of nitrogens with two attached hydrogens (primary N) is 1. The van der Waals surface area contributed by atoms with Crippen LogP contribution in [-0.2, 0) is 16.4 Å². The number of halogens is 1. The smallest absolute Gasteiger partial charge is 0.232 e. The molecule has 0 fully saturated rings. The number of hydrogen-bond donors (Lipinski definition) is 1. The Balaban J connectivity index is 2.96. The molecule has 1 aromatic carbocycles. The second-order valence-corrected chi connectivity index (χ2v) is 4.77. The van der Waals surface area contributed by atoms with E-state index in [4.69, 9.17) is 5.14 Å². The summed E-state index contributed by atoms with van der Waals surface area (Å²) in [4.78, 5) is 3.39. The Morgan fingerprint density at radius 3 is 2.69 bits per heavy atom.